The highest BCUT2D eigenvalue weighted by Crippen LogP contribution is 2.36. The van der Waals surface area contributed by atoms with E-state index in [1.807, 2.05) is 0 Å². The summed E-state index contributed by atoms with van der Waals surface area (Å²) in [5, 5.41) is 0. The monoisotopic (exact) mass is 337 g/mol. The highest BCUT2D eigenvalue weighted by atomic mass is 16.5. The maximum atomic E-state index is 6.55. The summed E-state index contributed by atoms with van der Waals surface area (Å²) in [6, 6.07) is 17.0. The third-order valence-electron chi connectivity index (χ3n) is 5.37. The van der Waals surface area contributed by atoms with Gasteiger partial charge in [0.25, 0.3) is 0 Å². The smallest absolute Gasteiger partial charge is 0.128 e. The number of hydrogen-bond acceptors (Lipinski definition) is 3. The number of hydrogen-bond donors (Lipinski definition) is 0. The zero-order valence-electron chi connectivity index (χ0n) is 15.0. The molecule has 0 aromatic heterocycles. The average Bonchev–Trinajstić information content (AvgIpc) is 2.66. The molecule has 2 aromatic carbocycles. The molecule has 0 radical (unpaired) electrons. The molecular weight excluding hydrogens is 310 g/mol. The van der Waals surface area contributed by atoms with Gasteiger partial charge in [-0.05, 0) is 56.5 Å². The highest BCUT2D eigenvalue weighted by molar-refractivity contribution is 5.42. The fraction of sp³-hybridized carbons (Fsp3) is 0.455. The van der Waals surface area contributed by atoms with Crippen LogP contribution in [-0.4, -0.2) is 31.6 Å². The second-order valence-corrected chi connectivity index (χ2v) is 7.34. The number of nitrogens with zero attached hydrogens (tertiary/aromatic N) is 1. The lowest BCUT2D eigenvalue weighted by atomic mass is 9.88. The summed E-state index contributed by atoms with van der Waals surface area (Å²) in [6.45, 7) is 3.08. The predicted octanol–water partition coefficient (Wildman–Crippen LogP) is 4.47. The number of benzene rings is 2. The second-order valence-electron chi connectivity index (χ2n) is 7.34. The predicted molar refractivity (Wildman–Crippen MR) is 100 cm³/mol. The van der Waals surface area contributed by atoms with Crippen molar-refractivity contribution < 1.29 is 9.47 Å². The number of ether oxygens (including phenoxy) is 2. The fourth-order valence-electron chi connectivity index (χ4n) is 4.07. The summed E-state index contributed by atoms with van der Waals surface area (Å²) in [7, 11) is 2.21. The molecule has 3 nitrogen and oxygen atoms in total. The van der Waals surface area contributed by atoms with Crippen molar-refractivity contribution in [2.75, 3.05) is 26.7 Å². The van der Waals surface area contributed by atoms with E-state index in [4.69, 9.17) is 9.47 Å². The molecule has 2 aromatic rings. The Morgan fingerprint density at radius 3 is 2.84 bits per heavy atom. The van der Waals surface area contributed by atoms with Gasteiger partial charge in [0.2, 0.25) is 0 Å². The second kappa shape index (κ2) is 7.49. The van der Waals surface area contributed by atoms with Gasteiger partial charge < -0.3 is 14.4 Å². The quantitative estimate of drug-likeness (QED) is 0.821. The first-order chi connectivity index (χ1) is 12.3. The molecule has 1 saturated heterocycles. The lowest BCUT2D eigenvalue weighted by molar-refractivity contribution is 0.0773. The maximum absolute atomic E-state index is 6.55. The van der Waals surface area contributed by atoms with Crippen molar-refractivity contribution >= 4 is 0 Å². The number of likely N-dealkylation sites (tertiary alicyclic amines) is 1. The van der Waals surface area contributed by atoms with Crippen molar-refractivity contribution in [3.63, 3.8) is 0 Å². The van der Waals surface area contributed by atoms with Gasteiger partial charge in [-0.25, -0.2) is 0 Å². The summed E-state index contributed by atoms with van der Waals surface area (Å²) in [5.41, 5.74) is 2.56. The lowest BCUT2D eigenvalue weighted by Crippen LogP contribution is -2.36. The van der Waals surface area contributed by atoms with E-state index in [1.54, 1.807) is 0 Å². The largest absolute Gasteiger partial charge is 0.493 e. The minimum atomic E-state index is 0.0885. The van der Waals surface area contributed by atoms with E-state index in [1.165, 1.54) is 30.5 Å². The van der Waals surface area contributed by atoms with Gasteiger partial charge in [0, 0.05) is 18.5 Å². The van der Waals surface area contributed by atoms with Gasteiger partial charge in [0.15, 0.2) is 0 Å². The summed E-state index contributed by atoms with van der Waals surface area (Å²) < 4.78 is 12.4. The van der Waals surface area contributed by atoms with Gasteiger partial charge >= 0.3 is 0 Å². The molecular formula is C22H27NO2. The standard InChI is InChI=1S/C22H27NO2/c1-23-13-5-9-19(16-23)22(18-7-3-2-4-8-18)25-20-12-11-17-10-6-14-24-21(17)15-20/h2-4,7-8,11-12,15,19,22H,5-6,9-10,13-14,16H2,1H3. The van der Waals surface area contributed by atoms with Crippen molar-refractivity contribution in [3.8, 4) is 11.5 Å². The van der Waals surface area contributed by atoms with Crippen LogP contribution < -0.4 is 9.47 Å². The molecule has 0 bridgehead atoms. The average molecular weight is 337 g/mol. The Morgan fingerprint density at radius 2 is 2.00 bits per heavy atom. The first kappa shape index (κ1) is 16.5. The number of rotatable bonds is 4. The number of fused-ring (bicyclic) bond motifs is 1. The number of piperidine rings is 1. The fourth-order valence-corrected chi connectivity index (χ4v) is 4.07. The van der Waals surface area contributed by atoms with Crippen LogP contribution >= 0.6 is 0 Å². The van der Waals surface area contributed by atoms with Crippen molar-refractivity contribution in [1.82, 2.24) is 4.90 Å². The maximum Gasteiger partial charge on any atom is 0.128 e. The van der Waals surface area contributed by atoms with Gasteiger partial charge in [0.05, 0.1) is 6.61 Å². The van der Waals surface area contributed by atoms with Gasteiger partial charge in [-0.2, -0.15) is 0 Å². The Labute approximate surface area is 150 Å². The van der Waals surface area contributed by atoms with Crippen molar-refractivity contribution in [3.05, 3.63) is 59.7 Å². The third kappa shape index (κ3) is 3.82. The Bertz CT molecular complexity index is 700. The van der Waals surface area contributed by atoms with Gasteiger partial charge in [0.1, 0.15) is 17.6 Å². The number of aryl methyl sites for hydroxylation is 1. The SMILES string of the molecule is CN1CCCC(C(Oc2ccc3c(c2)OCCC3)c2ccccc2)C1. The summed E-state index contributed by atoms with van der Waals surface area (Å²) >= 11 is 0. The summed E-state index contributed by atoms with van der Waals surface area (Å²) in [4.78, 5) is 2.42. The molecule has 0 aliphatic carbocycles. The molecule has 2 aliphatic rings. The molecule has 0 saturated carbocycles. The molecule has 2 atom stereocenters. The van der Waals surface area contributed by atoms with Crippen LogP contribution in [0.4, 0.5) is 0 Å². The molecule has 1 fully saturated rings. The van der Waals surface area contributed by atoms with Crippen molar-refractivity contribution in [2.45, 2.75) is 31.8 Å². The highest BCUT2D eigenvalue weighted by Gasteiger charge is 2.29. The first-order valence-corrected chi connectivity index (χ1v) is 9.45. The minimum Gasteiger partial charge on any atom is -0.493 e. The van der Waals surface area contributed by atoms with Crippen LogP contribution in [0.1, 0.15) is 36.5 Å². The van der Waals surface area contributed by atoms with Crippen LogP contribution in [0, 0.1) is 5.92 Å². The summed E-state index contributed by atoms with van der Waals surface area (Å²) in [6.07, 6.45) is 4.75. The van der Waals surface area contributed by atoms with Crippen molar-refractivity contribution in [2.24, 2.45) is 5.92 Å². The van der Waals surface area contributed by atoms with E-state index in [-0.39, 0.29) is 6.10 Å². The Hall–Kier alpha value is -2.00. The molecule has 3 heteroatoms. The zero-order valence-corrected chi connectivity index (χ0v) is 15.0. The van der Waals surface area contributed by atoms with Crippen LogP contribution in [0.15, 0.2) is 48.5 Å². The summed E-state index contributed by atoms with van der Waals surface area (Å²) in [5.74, 6) is 2.43. The van der Waals surface area contributed by atoms with Crippen LogP contribution in [-0.2, 0) is 6.42 Å². The van der Waals surface area contributed by atoms with Crippen LogP contribution in [0.2, 0.25) is 0 Å². The molecule has 0 N–H and O–H groups in total. The topological polar surface area (TPSA) is 21.7 Å². The molecule has 0 amide bonds. The molecule has 2 heterocycles. The molecule has 2 unspecified atom stereocenters. The van der Waals surface area contributed by atoms with Crippen LogP contribution in [0.3, 0.4) is 0 Å². The van der Waals surface area contributed by atoms with E-state index in [9.17, 15) is 0 Å². The van der Waals surface area contributed by atoms with Crippen molar-refractivity contribution in [1.29, 1.82) is 0 Å². The lowest BCUT2D eigenvalue weighted by Gasteiger charge is -2.35. The van der Waals surface area contributed by atoms with Crippen LogP contribution in [0.25, 0.3) is 0 Å². The third-order valence-corrected chi connectivity index (χ3v) is 5.37. The Kier molecular flexibility index (Phi) is 4.93. The zero-order chi connectivity index (χ0) is 17.1. The van der Waals surface area contributed by atoms with Gasteiger partial charge in [-0.1, -0.05) is 36.4 Å². The van der Waals surface area contributed by atoms with E-state index in [0.29, 0.717) is 5.92 Å². The molecule has 0 spiro atoms. The van der Waals surface area contributed by atoms with Gasteiger partial charge in [-0.3, -0.25) is 0 Å². The normalized spacial score (nSPS) is 21.9. The molecule has 4 rings (SSSR count). The van der Waals surface area contributed by atoms with E-state index in [0.717, 1.165) is 37.5 Å². The molecule has 2 aliphatic heterocycles. The Morgan fingerprint density at radius 1 is 1.12 bits per heavy atom. The van der Waals surface area contributed by atoms with E-state index < -0.39 is 0 Å². The van der Waals surface area contributed by atoms with E-state index >= 15 is 0 Å². The first-order valence-electron chi connectivity index (χ1n) is 9.45. The molecule has 25 heavy (non-hydrogen) atoms. The minimum absolute atomic E-state index is 0.0885. The van der Waals surface area contributed by atoms with E-state index in [2.05, 4.69) is 60.5 Å². The van der Waals surface area contributed by atoms with Crippen LogP contribution in [0.5, 0.6) is 11.5 Å². The van der Waals surface area contributed by atoms with Gasteiger partial charge in [-0.15, -0.1) is 0 Å². The Balaban J connectivity index is 1.60. The molecule has 132 valence electrons.